The molecule has 0 N–H and O–H groups in total. The number of halogens is 2. The van der Waals surface area contributed by atoms with Gasteiger partial charge in [-0.2, -0.15) is 0 Å². The van der Waals surface area contributed by atoms with Crippen LogP contribution in [-0.2, 0) is 0 Å². The first-order chi connectivity index (χ1) is 4.64. The molecule has 0 atom stereocenters. The second-order valence-electron chi connectivity index (χ2n) is 2.43. The van der Waals surface area contributed by atoms with Crippen LogP contribution in [0, 0.1) is 0 Å². The third-order valence-electron chi connectivity index (χ3n) is 1.59. The summed E-state index contributed by atoms with van der Waals surface area (Å²) < 4.78 is -0.654. The van der Waals surface area contributed by atoms with E-state index in [1.807, 2.05) is 12.2 Å². The molecule has 0 aliphatic heterocycles. The molecule has 2 heteroatoms. The summed E-state index contributed by atoms with van der Waals surface area (Å²) in [7, 11) is 0. The maximum atomic E-state index is 5.83. The van der Waals surface area contributed by atoms with Gasteiger partial charge in [0.05, 0.1) is 0 Å². The Hall–Kier alpha value is 0.0600. The fourth-order valence-electron chi connectivity index (χ4n) is 0.894. The molecular weight excluding hydrogens is 167 g/mol. The van der Waals surface area contributed by atoms with Gasteiger partial charge >= 0.3 is 0 Å². The molecule has 0 unspecified atom stereocenters. The summed E-state index contributed by atoms with van der Waals surface area (Å²) in [5.74, 6) is 0. The van der Waals surface area contributed by atoms with Gasteiger partial charge in [0.2, 0.25) is 0 Å². The third-order valence-corrected chi connectivity index (χ3v) is 2.15. The summed E-state index contributed by atoms with van der Waals surface area (Å²) in [6, 6.07) is 0. The molecule has 0 amide bonds. The molecule has 1 rings (SSSR count). The first-order valence-electron chi connectivity index (χ1n) is 3.40. The molecule has 0 heterocycles. The standard InChI is InChI=1S/C8H10Cl2/c1-2-7-3-5-8(9,10)6-4-7/h3-5H,2,6H2,1H3. The summed E-state index contributed by atoms with van der Waals surface area (Å²) >= 11 is 11.7. The third kappa shape index (κ3) is 2.03. The van der Waals surface area contributed by atoms with Gasteiger partial charge in [-0.05, 0) is 12.5 Å². The lowest BCUT2D eigenvalue weighted by molar-refractivity contribution is 0.928. The van der Waals surface area contributed by atoms with Gasteiger partial charge in [-0.3, -0.25) is 0 Å². The van der Waals surface area contributed by atoms with Gasteiger partial charge in [0.25, 0.3) is 0 Å². The predicted molar refractivity (Wildman–Crippen MR) is 46.6 cm³/mol. The van der Waals surface area contributed by atoms with Crippen LogP contribution in [0.5, 0.6) is 0 Å². The highest BCUT2D eigenvalue weighted by molar-refractivity contribution is 6.50. The maximum absolute atomic E-state index is 5.83. The maximum Gasteiger partial charge on any atom is 0.140 e. The van der Waals surface area contributed by atoms with E-state index in [9.17, 15) is 0 Å². The van der Waals surface area contributed by atoms with Crippen molar-refractivity contribution in [3.63, 3.8) is 0 Å². The number of alkyl halides is 2. The fourth-order valence-corrected chi connectivity index (χ4v) is 1.17. The van der Waals surface area contributed by atoms with Gasteiger partial charge < -0.3 is 0 Å². The molecular formula is C8H10Cl2. The number of rotatable bonds is 1. The summed E-state index contributed by atoms with van der Waals surface area (Å²) in [6.45, 7) is 2.12. The van der Waals surface area contributed by atoms with Crippen LogP contribution in [0.15, 0.2) is 23.8 Å². The van der Waals surface area contributed by atoms with Crippen LogP contribution in [0.4, 0.5) is 0 Å². The fraction of sp³-hybridized carbons (Fsp3) is 0.500. The van der Waals surface area contributed by atoms with Gasteiger partial charge in [-0.1, -0.05) is 47.9 Å². The molecule has 0 aromatic rings. The molecule has 0 aromatic heterocycles. The van der Waals surface area contributed by atoms with Gasteiger partial charge in [0, 0.05) is 6.42 Å². The Kier molecular flexibility index (Phi) is 2.43. The Morgan fingerprint density at radius 2 is 2.30 bits per heavy atom. The zero-order chi connectivity index (χ0) is 7.61. The van der Waals surface area contributed by atoms with Crippen molar-refractivity contribution in [2.75, 3.05) is 0 Å². The quantitative estimate of drug-likeness (QED) is 0.538. The zero-order valence-electron chi connectivity index (χ0n) is 5.90. The Balaban J connectivity index is 2.63. The first kappa shape index (κ1) is 8.16. The van der Waals surface area contributed by atoms with Crippen LogP contribution in [0.1, 0.15) is 19.8 Å². The molecule has 1 aliphatic rings. The van der Waals surface area contributed by atoms with E-state index in [0.29, 0.717) is 0 Å². The van der Waals surface area contributed by atoms with Crippen molar-refractivity contribution in [2.45, 2.75) is 24.1 Å². The zero-order valence-corrected chi connectivity index (χ0v) is 7.41. The topological polar surface area (TPSA) is 0 Å². The first-order valence-corrected chi connectivity index (χ1v) is 4.16. The van der Waals surface area contributed by atoms with E-state index >= 15 is 0 Å². The van der Waals surface area contributed by atoms with Crippen molar-refractivity contribution in [3.05, 3.63) is 23.8 Å². The van der Waals surface area contributed by atoms with Crippen LogP contribution < -0.4 is 0 Å². The van der Waals surface area contributed by atoms with E-state index in [4.69, 9.17) is 23.2 Å². The molecule has 0 bridgehead atoms. The molecule has 56 valence electrons. The number of allylic oxidation sites excluding steroid dienone is 4. The van der Waals surface area contributed by atoms with E-state index in [1.165, 1.54) is 5.57 Å². The molecule has 0 nitrogen and oxygen atoms in total. The Labute approximate surface area is 71.5 Å². The van der Waals surface area contributed by atoms with Crippen LogP contribution in [-0.4, -0.2) is 4.33 Å². The van der Waals surface area contributed by atoms with Crippen molar-refractivity contribution in [1.82, 2.24) is 0 Å². The average molecular weight is 177 g/mol. The largest absolute Gasteiger partial charge is 0.140 e. The van der Waals surface area contributed by atoms with E-state index < -0.39 is 4.33 Å². The minimum absolute atomic E-state index is 0.654. The number of hydrogen-bond donors (Lipinski definition) is 0. The van der Waals surface area contributed by atoms with Crippen molar-refractivity contribution in [1.29, 1.82) is 0 Å². The second kappa shape index (κ2) is 2.98. The van der Waals surface area contributed by atoms with Crippen LogP contribution in [0.2, 0.25) is 0 Å². The van der Waals surface area contributed by atoms with Gasteiger partial charge in [0.1, 0.15) is 4.33 Å². The second-order valence-corrected chi connectivity index (χ2v) is 3.97. The highest BCUT2D eigenvalue weighted by Crippen LogP contribution is 2.32. The van der Waals surface area contributed by atoms with Crippen molar-refractivity contribution in [2.24, 2.45) is 0 Å². The van der Waals surface area contributed by atoms with Gasteiger partial charge in [-0.25, -0.2) is 0 Å². The molecule has 10 heavy (non-hydrogen) atoms. The van der Waals surface area contributed by atoms with Gasteiger partial charge in [-0.15, -0.1) is 0 Å². The molecule has 0 saturated carbocycles. The van der Waals surface area contributed by atoms with Crippen molar-refractivity contribution < 1.29 is 0 Å². The van der Waals surface area contributed by atoms with E-state index in [1.54, 1.807) is 0 Å². The minimum atomic E-state index is -0.654. The Morgan fingerprint density at radius 3 is 2.70 bits per heavy atom. The Bertz CT molecular complexity index is 178. The van der Waals surface area contributed by atoms with Crippen molar-refractivity contribution >= 4 is 23.2 Å². The van der Waals surface area contributed by atoms with E-state index in [2.05, 4.69) is 13.0 Å². The monoisotopic (exact) mass is 176 g/mol. The summed E-state index contributed by atoms with van der Waals surface area (Å²) in [5, 5.41) is 0. The van der Waals surface area contributed by atoms with Crippen LogP contribution in [0.25, 0.3) is 0 Å². The lowest BCUT2D eigenvalue weighted by Crippen LogP contribution is -2.09. The number of hydrogen-bond acceptors (Lipinski definition) is 0. The predicted octanol–water partition coefficient (Wildman–Crippen LogP) is 3.46. The van der Waals surface area contributed by atoms with E-state index in [0.717, 1.165) is 12.8 Å². The van der Waals surface area contributed by atoms with E-state index in [-0.39, 0.29) is 0 Å². The average Bonchev–Trinajstić information content (AvgIpc) is 1.88. The molecule has 0 aromatic carbocycles. The molecule has 0 radical (unpaired) electrons. The smallest absolute Gasteiger partial charge is 0.0966 e. The molecule has 0 spiro atoms. The van der Waals surface area contributed by atoms with Crippen molar-refractivity contribution in [3.8, 4) is 0 Å². The SMILES string of the molecule is CCC1=CCC(Cl)(Cl)C=C1. The van der Waals surface area contributed by atoms with Crippen LogP contribution >= 0.6 is 23.2 Å². The summed E-state index contributed by atoms with van der Waals surface area (Å²) in [5.41, 5.74) is 1.32. The molecule has 1 aliphatic carbocycles. The van der Waals surface area contributed by atoms with Gasteiger partial charge in [0.15, 0.2) is 0 Å². The van der Waals surface area contributed by atoms with Crippen LogP contribution in [0.3, 0.4) is 0 Å². The normalized spacial score (nSPS) is 22.5. The lowest BCUT2D eigenvalue weighted by Gasteiger charge is -2.16. The lowest BCUT2D eigenvalue weighted by atomic mass is 10.0. The minimum Gasteiger partial charge on any atom is -0.0966 e. The highest BCUT2D eigenvalue weighted by atomic mass is 35.5. The molecule has 0 saturated heterocycles. The summed E-state index contributed by atoms with van der Waals surface area (Å²) in [4.78, 5) is 0. The summed E-state index contributed by atoms with van der Waals surface area (Å²) in [6.07, 6.45) is 7.70. The Morgan fingerprint density at radius 1 is 1.60 bits per heavy atom. The molecule has 0 fully saturated rings. The highest BCUT2D eigenvalue weighted by Gasteiger charge is 2.20.